The van der Waals surface area contributed by atoms with Gasteiger partial charge in [-0.3, -0.25) is 0 Å². The van der Waals surface area contributed by atoms with Crippen LogP contribution in [-0.2, 0) is 15.1 Å². The number of rotatable bonds is 23. The monoisotopic (exact) mass is 1350 g/mol. The Morgan fingerprint density at radius 2 is 0.636 bits per heavy atom. The molecule has 10 aromatic carbocycles. The average Bonchev–Trinajstić information content (AvgIpc) is 0.870. The van der Waals surface area contributed by atoms with E-state index in [9.17, 15) is 0 Å². The van der Waals surface area contributed by atoms with E-state index in [2.05, 4.69) is 170 Å². The van der Waals surface area contributed by atoms with Crippen molar-refractivity contribution in [3.8, 4) is 68.6 Å². The predicted molar refractivity (Wildman–Crippen MR) is 365 cm³/mol. The van der Waals surface area contributed by atoms with Crippen LogP contribution in [0.1, 0.15) is 13.8 Å². The first kappa shape index (κ1) is 66.5. The molecule has 0 radical (unpaired) electrons. The zero-order valence-electron chi connectivity index (χ0n) is 51.5. The van der Waals surface area contributed by atoms with Crippen LogP contribution in [0.4, 0.5) is 11.4 Å². The summed E-state index contributed by atoms with van der Waals surface area (Å²) in [5.41, 5.74) is 4.51. The molecule has 0 aromatic heterocycles. The molecule has 1 N–H and O–H groups in total. The Kier molecular flexibility index (Phi) is 24.7. The van der Waals surface area contributed by atoms with Gasteiger partial charge >= 0.3 is 34.5 Å². The van der Waals surface area contributed by atoms with Gasteiger partial charge in [0.15, 0.2) is 0 Å². The van der Waals surface area contributed by atoms with Crippen molar-refractivity contribution in [2.45, 2.75) is 19.9 Å². The van der Waals surface area contributed by atoms with Gasteiger partial charge in [-0.25, -0.2) is 0 Å². The first-order chi connectivity index (χ1) is 42.9. The van der Waals surface area contributed by atoms with Crippen LogP contribution in [-0.4, -0.2) is 90.2 Å². The van der Waals surface area contributed by atoms with Crippen LogP contribution in [0.25, 0.3) is 32.7 Å². The van der Waals surface area contributed by atoms with Crippen molar-refractivity contribution < 1.29 is 62.5 Å². The number of fused-ring (bicyclic) bond motifs is 2. The van der Waals surface area contributed by atoms with Crippen LogP contribution in [0.2, 0.25) is 0 Å². The van der Waals surface area contributed by atoms with Crippen LogP contribution in [0.3, 0.4) is 0 Å². The average molecular weight is 1350 g/mol. The van der Waals surface area contributed by atoms with Gasteiger partial charge in [0.25, 0.3) is 0 Å². The molecule has 0 amide bonds. The maximum absolute atomic E-state index is 5.92. The number of nitrogens with one attached hydrogen (secondary N) is 1. The molecule has 88 heavy (non-hydrogen) atoms. The van der Waals surface area contributed by atoms with E-state index in [4.69, 9.17) is 66.8 Å². The first-order valence-electron chi connectivity index (χ1n) is 28.1. The molecule has 460 valence electrons. The van der Waals surface area contributed by atoms with Crippen molar-refractivity contribution in [2.75, 3.05) is 89.1 Å². The van der Waals surface area contributed by atoms with E-state index in [0.717, 1.165) is 100 Å². The molecule has 0 fully saturated rings. The Morgan fingerprint density at radius 1 is 0.364 bits per heavy atom. The zero-order valence-corrected chi connectivity index (χ0v) is 56.5. The SMILES string of the molecule is COc1cc(OC)cc(P(c2cc(OC)cc(OC)c2)c2ccc3ccccc3c2-c2c(P(c3cc(OC)cc(OC)c3)c3cc(OC)cc(OC)c3)ccc3ccccc23)c1.COc1ccc(N(CCNC(C)C)c2ccc(OC)cc2)cc1.[Cl][Ru][Cl]. The fraction of sp³-hybridized carbons (Fsp3) is 0.211. The number of hydrogen-bond acceptors (Lipinski definition) is 12. The summed E-state index contributed by atoms with van der Waals surface area (Å²) in [6.45, 7) is 6.11. The van der Waals surface area contributed by atoms with Gasteiger partial charge in [0, 0.05) is 54.8 Å². The standard InChI is InChI=1S/C52H48O8P2.C19H26N2O2.2ClH.Ru/c1-53-35-21-36(54-2)26-43(25-35)61(44-27-37(55-3)22-38(28-44)56-4)49-19-17-33-13-9-11-15-47(33)51(49)52-48-16-12-10-14-34(48)18-20-50(52)62(45-29-39(57-5)23-40(30-45)58-6)46-31-41(59-7)24-42(32-46)60-8;1-15(2)20-13-14-21(16-5-9-18(22-3)10-6-16)17-7-11-19(23-4)12-8-17;;;/h9-32H,1-8H3;5-12,15,20H,13-14H2,1-4H3;2*1H;/q;;;;+2/p-2. The van der Waals surface area contributed by atoms with Crippen molar-refractivity contribution in [2.24, 2.45) is 0 Å². The van der Waals surface area contributed by atoms with Crippen LogP contribution in [0, 0.1) is 0 Å². The summed E-state index contributed by atoms with van der Waals surface area (Å²) < 4.78 is 57.8. The molecule has 0 unspecified atom stereocenters. The van der Waals surface area contributed by atoms with E-state index in [1.54, 1.807) is 71.1 Å². The number of halogens is 2. The Labute approximate surface area is 536 Å². The molecule has 10 aromatic rings. The van der Waals surface area contributed by atoms with E-state index >= 15 is 0 Å². The second-order valence-electron chi connectivity index (χ2n) is 20.0. The van der Waals surface area contributed by atoms with Crippen molar-refractivity contribution in [3.05, 3.63) is 194 Å². The van der Waals surface area contributed by atoms with E-state index in [1.165, 1.54) is 0 Å². The molecule has 12 nitrogen and oxygen atoms in total. The van der Waals surface area contributed by atoms with Gasteiger partial charge < -0.3 is 57.6 Å². The third-order valence-corrected chi connectivity index (χ3v) is 19.4. The summed E-state index contributed by atoms with van der Waals surface area (Å²) in [7, 11) is 23.8. The summed E-state index contributed by atoms with van der Waals surface area (Å²) >= 11 is -0.346. The predicted octanol–water partition coefficient (Wildman–Crippen LogP) is 14.5. The molecule has 0 aliphatic carbocycles. The third kappa shape index (κ3) is 16.2. The van der Waals surface area contributed by atoms with E-state index in [-0.39, 0.29) is 15.1 Å². The van der Waals surface area contributed by atoms with Crippen molar-refractivity contribution >= 4 is 100.0 Å². The maximum atomic E-state index is 5.92. The Balaban J connectivity index is 0.000000322. The van der Waals surface area contributed by atoms with Gasteiger partial charge in [-0.1, -0.05) is 86.6 Å². The molecule has 0 spiro atoms. The molecule has 17 heteroatoms. The Bertz CT molecular complexity index is 3460. The second kappa shape index (κ2) is 32.7. The molecule has 0 heterocycles. The van der Waals surface area contributed by atoms with E-state index < -0.39 is 15.8 Å². The van der Waals surface area contributed by atoms with Crippen LogP contribution in [0.15, 0.2) is 194 Å². The summed E-state index contributed by atoms with van der Waals surface area (Å²) in [5, 5.41) is 14.3. The molecule has 0 aliphatic rings. The molecule has 0 saturated carbocycles. The number of nitrogens with zero attached hydrogens (tertiary/aromatic N) is 1. The van der Waals surface area contributed by atoms with Gasteiger partial charge in [0.2, 0.25) is 0 Å². The molecule has 0 bridgehead atoms. The summed E-state index contributed by atoms with van der Waals surface area (Å²) in [4.78, 5) is 2.29. The van der Waals surface area contributed by atoms with E-state index in [0.29, 0.717) is 52.0 Å². The Hall–Kier alpha value is -7.46. The van der Waals surface area contributed by atoms with Gasteiger partial charge in [0.05, 0.1) is 71.1 Å². The molecule has 0 saturated heterocycles. The molecular formula is C71H74Cl2N2O10P2Ru. The molecule has 10 rings (SSSR count). The number of anilines is 2. The van der Waals surface area contributed by atoms with Gasteiger partial charge in [0.1, 0.15) is 57.5 Å². The van der Waals surface area contributed by atoms with Crippen LogP contribution < -0.4 is 89.4 Å². The van der Waals surface area contributed by atoms with Gasteiger partial charge in [-0.2, -0.15) is 0 Å². The van der Waals surface area contributed by atoms with Crippen molar-refractivity contribution in [1.82, 2.24) is 5.32 Å². The first-order valence-corrected chi connectivity index (χ1v) is 35.2. The van der Waals surface area contributed by atoms with Gasteiger partial charge in [-0.15, -0.1) is 0 Å². The third-order valence-electron chi connectivity index (χ3n) is 14.6. The zero-order chi connectivity index (χ0) is 62.7. The second-order valence-corrected chi connectivity index (χ2v) is 27.0. The molecule has 0 atom stereocenters. The minimum absolute atomic E-state index is 0.346. The number of methoxy groups -OCH3 is 10. The normalized spacial score (nSPS) is 10.9. The number of hydrogen-bond donors (Lipinski definition) is 1. The van der Waals surface area contributed by atoms with Crippen molar-refractivity contribution in [1.29, 1.82) is 0 Å². The summed E-state index contributed by atoms with van der Waals surface area (Å²) in [6.07, 6.45) is 0. The fourth-order valence-corrected chi connectivity index (χ4v) is 15.5. The molecular weight excluding hydrogens is 1270 g/mol. The molecule has 0 aliphatic heterocycles. The minimum atomic E-state index is -1.37. The van der Waals surface area contributed by atoms with Crippen LogP contribution >= 0.6 is 35.2 Å². The quantitative estimate of drug-likeness (QED) is 0.0487. The topological polar surface area (TPSA) is 108 Å². The fourth-order valence-electron chi connectivity index (χ4n) is 10.4. The van der Waals surface area contributed by atoms with Crippen LogP contribution in [0.5, 0.6) is 57.5 Å². The summed E-state index contributed by atoms with van der Waals surface area (Å²) in [5.74, 6) is 7.27. The number of benzene rings is 10. The van der Waals surface area contributed by atoms with Crippen molar-refractivity contribution in [3.63, 3.8) is 0 Å². The van der Waals surface area contributed by atoms with Gasteiger partial charge in [-0.05, 0) is 177 Å². The summed E-state index contributed by atoms with van der Waals surface area (Å²) in [6, 6.07) is 67.6. The van der Waals surface area contributed by atoms with E-state index in [1.807, 2.05) is 48.5 Å². The number of ether oxygens (including phenoxy) is 10. The Morgan fingerprint density at radius 3 is 0.898 bits per heavy atom.